The molecule has 0 bridgehead atoms. The van der Waals surface area contributed by atoms with E-state index in [0.29, 0.717) is 11.5 Å². The van der Waals surface area contributed by atoms with Crippen LogP contribution in [-0.2, 0) is 11.2 Å². The summed E-state index contributed by atoms with van der Waals surface area (Å²) in [5.74, 6) is -0.180. The fourth-order valence-corrected chi connectivity index (χ4v) is 1.98. The van der Waals surface area contributed by atoms with Crippen molar-refractivity contribution < 1.29 is 9.90 Å². The molecule has 0 unspecified atom stereocenters. The Hall–Kier alpha value is -1.62. The maximum atomic E-state index is 10.7. The van der Waals surface area contributed by atoms with Gasteiger partial charge in [0.15, 0.2) is 0 Å². The number of halogens is 1. The summed E-state index contributed by atoms with van der Waals surface area (Å²) in [6.45, 7) is 1.83. The Morgan fingerprint density at radius 1 is 1.53 bits per heavy atom. The molecule has 1 aromatic heterocycles. The number of aryl methyl sites for hydroxylation is 1. The molecule has 0 aliphatic heterocycles. The van der Waals surface area contributed by atoms with E-state index in [4.69, 9.17) is 5.11 Å². The first-order valence-electron chi connectivity index (χ1n) is 5.09. The van der Waals surface area contributed by atoms with Crippen LogP contribution in [0.4, 0.5) is 0 Å². The summed E-state index contributed by atoms with van der Waals surface area (Å²) < 4.78 is 0.962. The van der Waals surface area contributed by atoms with Gasteiger partial charge in [-0.25, -0.2) is 4.98 Å². The van der Waals surface area contributed by atoms with E-state index in [-0.39, 0.29) is 6.42 Å². The minimum Gasteiger partial charge on any atom is -0.481 e. The molecule has 0 aliphatic carbocycles. The van der Waals surface area contributed by atoms with E-state index in [0.717, 1.165) is 15.7 Å². The minimum absolute atomic E-state index is 0.0592. The Labute approximate surface area is 107 Å². The number of benzene rings is 1. The third kappa shape index (κ3) is 2.74. The molecule has 2 rings (SSSR count). The highest BCUT2D eigenvalue weighted by Gasteiger charge is 2.11. The summed E-state index contributed by atoms with van der Waals surface area (Å²) in [4.78, 5) is 18.1. The largest absolute Gasteiger partial charge is 0.481 e. The molecule has 88 valence electrons. The number of carboxylic acids is 1. The van der Waals surface area contributed by atoms with Gasteiger partial charge in [0.1, 0.15) is 5.82 Å². The van der Waals surface area contributed by atoms with Gasteiger partial charge in [0, 0.05) is 15.7 Å². The Morgan fingerprint density at radius 2 is 2.29 bits per heavy atom. The lowest BCUT2D eigenvalue weighted by molar-refractivity contribution is -0.136. The molecule has 5 heteroatoms. The number of hydrogen-bond donors (Lipinski definition) is 2. The van der Waals surface area contributed by atoms with Crippen molar-refractivity contribution in [1.82, 2.24) is 9.97 Å². The highest BCUT2D eigenvalue weighted by Crippen LogP contribution is 2.21. The van der Waals surface area contributed by atoms with Gasteiger partial charge in [-0.2, -0.15) is 0 Å². The molecule has 4 nitrogen and oxygen atoms in total. The van der Waals surface area contributed by atoms with Crippen molar-refractivity contribution >= 4 is 21.9 Å². The van der Waals surface area contributed by atoms with E-state index < -0.39 is 5.97 Å². The van der Waals surface area contributed by atoms with Crippen molar-refractivity contribution in [2.75, 3.05) is 0 Å². The second-order valence-corrected chi connectivity index (χ2v) is 4.65. The maximum absolute atomic E-state index is 10.7. The second kappa shape index (κ2) is 4.71. The molecule has 0 atom stereocenters. The minimum atomic E-state index is -0.875. The van der Waals surface area contributed by atoms with Crippen molar-refractivity contribution in [3.8, 4) is 11.4 Å². The highest BCUT2D eigenvalue weighted by atomic mass is 79.9. The molecule has 0 aliphatic rings. The summed E-state index contributed by atoms with van der Waals surface area (Å²) in [6, 6.07) is 7.70. The molecule has 2 N–H and O–H groups in total. The van der Waals surface area contributed by atoms with E-state index in [2.05, 4.69) is 25.9 Å². The fraction of sp³-hybridized carbons (Fsp3) is 0.167. The molecule has 0 fully saturated rings. The Bertz CT molecular complexity index is 563. The fourth-order valence-electron chi connectivity index (χ4n) is 1.58. The van der Waals surface area contributed by atoms with Gasteiger partial charge in [-0.1, -0.05) is 28.1 Å². The summed E-state index contributed by atoms with van der Waals surface area (Å²) >= 11 is 3.39. The van der Waals surface area contributed by atoms with Crippen LogP contribution in [-0.4, -0.2) is 21.0 Å². The van der Waals surface area contributed by atoms with Crippen molar-refractivity contribution in [2.45, 2.75) is 13.3 Å². The van der Waals surface area contributed by atoms with Crippen LogP contribution in [0.3, 0.4) is 0 Å². The summed E-state index contributed by atoms with van der Waals surface area (Å²) in [6.07, 6.45) is -0.0592. The van der Waals surface area contributed by atoms with Gasteiger partial charge in [0.25, 0.3) is 0 Å². The van der Waals surface area contributed by atoms with Crippen LogP contribution >= 0.6 is 15.9 Å². The number of aromatic nitrogens is 2. The third-order valence-corrected chi connectivity index (χ3v) is 2.90. The predicted octanol–water partition coefficient (Wildman–Crippen LogP) is 2.77. The molecule has 0 radical (unpaired) electrons. The monoisotopic (exact) mass is 294 g/mol. The Morgan fingerprint density at radius 3 is 2.94 bits per heavy atom. The summed E-state index contributed by atoms with van der Waals surface area (Å²) in [5, 5.41) is 8.75. The summed E-state index contributed by atoms with van der Waals surface area (Å²) in [5.41, 5.74) is 2.30. The van der Waals surface area contributed by atoms with Gasteiger partial charge < -0.3 is 10.1 Å². The van der Waals surface area contributed by atoms with Crippen molar-refractivity contribution in [2.24, 2.45) is 0 Å². The van der Waals surface area contributed by atoms with Crippen molar-refractivity contribution in [1.29, 1.82) is 0 Å². The maximum Gasteiger partial charge on any atom is 0.309 e. The van der Waals surface area contributed by atoms with Crippen LogP contribution in [0, 0.1) is 6.92 Å². The van der Waals surface area contributed by atoms with Crippen LogP contribution in [0.2, 0.25) is 0 Å². The quantitative estimate of drug-likeness (QED) is 0.915. The van der Waals surface area contributed by atoms with Crippen LogP contribution in [0.25, 0.3) is 11.4 Å². The lowest BCUT2D eigenvalue weighted by Crippen LogP contribution is -2.01. The zero-order valence-corrected chi connectivity index (χ0v) is 10.8. The molecule has 1 aromatic carbocycles. The number of aliphatic carboxylic acids is 1. The lowest BCUT2D eigenvalue weighted by atomic mass is 10.2. The number of hydrogen-bond acceptors (Lipinski definition) is 2. The number of rotatable bonds is 3. The zero-order valence-electron chi connectivity index (χ0n) is 9.20. The number of carboxylic acid groups (broad SMARTS) is 1. The molecule has 0 spiro atoms. The van der Waals surface area contributed by atoms with Crippen LogP contribution in [0.5, 0.6) is 0 Å². The topological polar surface area (TPSA) is 66.0 Å². The molecule has 1 heterocycles. The van der Waals surface area contributed by atoms with E-state index in [9.17, 15) is 4.79 Å². The van der Waals surface area contributed by atoms with Gasteiger partial charge in [0.05, 0.1) is 12.1 Å². The normalized spacial score (nSPS) is 10.5. The first-order valence-corrected chi connectivity index (χ1v) is 5.89. The third-order valence-electron chi connectivity index (χ3n) is 2.40. The standard InChI is InChI=1S/C12H11BrN2O2/c1-7-10(6-11(16)17)15-12(14-7)8-3-2-4-9(13)5-8/h2-5H,6H2,1H3,(H,14,15)(H,16,17). The van der Waals surface area contributed by atoms with Gasteiger partial charge in [0.2, 0.25) is 0 Å². The van der Waals surface area contributed by atoms with Gasteiger partial charge in [-0.05, 0) is 19.1 Å². The second-order valence-electron chi connectivity index (χ2n) is 3.74. The zero-order chi connectivity index (χ0) is 12.4. The SMILES string of the molecule is Cc1[nH]c(-c2cccc(Br)c2)nc1CC(=O)O. The molecule has 0 saturated heterocycles. The average molecular weight is 295 g/mol. The Balaban J connectivity index is 2.37. The van der Waals surface area contributed by atoms with Gasteiger partial charge in [-0.3, -0.25) is 4.79 Å². The van der Waals surface area contributed by atoms with Crippen molar-refractivity contribution in [3.63, 3.8) is 0 Å². The van der Waals surface area contributed by atoms with E-state index >= 15 is 0 Å². The number of nitrogens with one attached hydrogen (secondary N) is 1. The number of imidazole rings is 1. The van der Waals surface area contributed by atoms with Gasteiger partial charge >= 0.3 is 5.97 Å². The van der Waals surface area contributed by atoms with E-state index in [1.165, 1.54) is 0 Å². The molecule has 0 saturated carbocycles. The first-order chi connectivity index (χ1) is 8.06. The predicted molar refractivity (Wildman–Crippen MR) is 67.8 cm³/mol. The molecule has 0 amide bonds. The van der Waals surface area contributed by atoms with Crippen LogP contribution in [0.1, 0.15) is 11.4 Å². The van der Waals surface area contributed by atoms with Crippen LogP contribution in [0.15, 0.2) is 28.7 Å². The Kier molecular flexibility index (Phi) is 3.28. The van der Waals surface area contributed by atoms with Gasteiger partial charge in [-0.15, -0.1) is 0 Å². The number of aromatic amines is 1. The molecular weight excluding hydrogens is 284 g/mol. The van der Waals surface area contributed by atoms with E-state index in [1.807, 2.05) is 31.2 Å². The van der Waals surface area contributed by atoms with Crippen LogP contribution < -0.4 is 0 Å². The van der Waals surface area contributed by atoms with Crippen molar-refractivity contribution in [3.05, 3.63) is 40.1 Å². The number of nitrogens with zero attached hydrogens (tertiary/aromatic N) is 1. The number of carbonyl (C=O) groups is 1. The smallest absolute Gasteiger partial charge is 0.309 e. The molecular formula is C12H11BrN2O2. The molecule has 2 aromatic rings. The first kappa shape index (κ1) is 11.9. The average Bonchev–Trinajstić information content (AvgIpc) is 2.59. The highest BCUT2D eigenvalue weighted by molar-refractivity contribution is 9.10. The molecule has 17 heavy (non-hydrogen) atoms. The summed E-state index contributed by atoms with van der Waals surface area (Å²) in [7, 11) is 0. The van der Waals surface area contributed by atoms with E-state index in [1.54, 1.807) is 0 Å². The lowest BCUT2D eigenvalue weighted by Gasteiger charge is -1.96. The number of H-pyrrole nitrogens is 1.